The molecule has 0 aromatic heterocycles. The maximum atomic E-state index is 11.9. The van der Waals surface area contributed by atoms with Crippen LogP contribution in [0, 0.1) is 0 Å². The van der Waals surface area contributed by atoms with Crippen LogP contribution in [0.15, 0.2) is 0 Å². The molecule has 1 aliphatic rings. The lowest BCUT2D eigenvalue weighted by molar-refractivity contribution is -0.150. The van der Waals surface area contributed by atoms with Gasteiger partial charge in [0.05, 0.1) is 13.7 Å². The Morgan fingerprint density at radius 2 is 2.19 bits per heavy atom. The van der Waals surface area contributed by atoms with Crippen molar-refractivity contribution in [1.82, 2.24) is 10.2 Å². The quantitative estimate of drug-likeness (QED) is 0.416. The molecule has 16 heavy (non-hydrogen) atoms. The summed E-state index contributed by atoms with van der Waals surface area (Å²) < 4.78 is 16.4. The minimum Gasteiger partial charge on any atom is -0.467 e. The molecule has 0 aromatic carbocycles. The van der Waals surface area contributed by atoms with E-state index in [0.29, 0.717) is 19.4 Å². The standard InChI is InChI=1S/C9H13FN2O4/c1-16-8(14)6-3-2-4-12(6)7(13)5-11-9(10)15/h6H,2-5H2,1H3,(H,11,15)/t6-/m0/s1. The average Bonchev–Trinajstić information content (AvgIpc) is 2.73. The Balaban J connectivity index is 2.54. The average molecular weight is 232 g/mol. The fourth-order valence-electron chi connectivity index (χ4n) is 1.69. The smallest absolute Gasteiger partial charge is 0.397 e. The van der Waals surface area contributed by atoms with Crippen molar-refractivity contribution >= 4 is 18.0 Å². The van der Waals surface area contributed by atoms with E-state index in [1.807, 2.05) is 0 Å². The molecule has 0 aromatic rings. The molecule has 0 unspecified atom stereocenters. The summed E-state index contributed by atoms with van der Waals surface area (Å²) >= 11 is 0. The summed E-state index contributed by atoms with van der Waals surface area (Å²) in [5.74, 6) is -0.976. The number of halogens is 1. The number of ether oxygens (including phenoxy) is 1. The van der Waals surface area contributed by atoms with Gasteiger partial charge in [0, 0.05) is 6.54 Å². The van der Waals surface area contributed by atoms with Crippen molar-refractivity contribution in [2.24, 2.45) is 0 Å². The van der Waals surface area contributed by atoms with Crippen molar-refractivity contribution < 1.29 is 23.5 Å². The minimum absolute atomic E-state index is 0.417. The lowest BCUT2D eigenvalue weighted by Crippen LogP contribution is -2.45. The summed E-state index contributed by atoms with van der Waals surface area (Å²) in [7, 11) is 1.24. The van der Waals surface area contributed by atoms with E-state index in [0.717, 1.165) is 0 Å². The number of rotatable bonds is 3. The summed E-state index contributed by atoms with van der Waals surface area (Å²) in [6.07, 6.45) is -0.543. The first kappa shape index (κ1) is 12.4. The molecule has 2 amide bonds. The number of carbonyl (C=O) groups excluding carboxylic acids is 3. The van der Waals surface area contributed by atoms with Crippen LogP contribution in [-0.4, -0.2) is 49.2 Å². The van der Waals surface area contributed by atoms with Gasteiger partial charge in [0.25, 0.3) is 0 Å². The van der Waals surface area contributed by atoms with Crippen LogP contribution in [0.5, 0.6) is 0 Å². The number of nitrogens with zero attached hydrogens (tertiary/aromatic N) is 1. The van der Waals surface area contributed by atoms with Crippen molar-refractivity contribution in [3.8, 4) is 0 Å². The second-order valence-corrected chi connectivity index (χ2v) is 3.40. The zero-order valence-electron chi connectivity index (χ0n) is 8.86. The summed E-state index contributed by atoms with van der Waals surface area (Å²) in [6, 6.07) is -0.617. The largest absolute Gasteiger partial charge is 0.467 e. The van der Waals surface area contributed by atoms with E-state index in [1.54, 1.807) is 5.32 Å². The number of esters is 1. The number of amides is 2. The van der Waals surface area contributed by atoms with Crippen LogP contribution in [-0.2, 0) is 14.3 Å². The molecule has 6 nitrogen and oxygen atoms in total. The highest BCUT2D eigenvalue weighted by molar-refractivity contribution is 5.87. The molecule has 90 valence electrons. The molecule has 1 aliphatic heterocycles. The highest BCUT2D eigenvalue weighted by Gasteiger charge is 2.34. The molecular weight excluding hydrogens is 219 g/mol. The van der Waals surface area contributed by atoms with E-state index in [-0.39, 0.29) is 0 Å². The Morgan fingerprint density at radius 3 is 2.75 bits per heavy atom. The third kappa shape index (κ3) is 2.91. The van der Waals surface area contributed by atoms with Gasteiger partial charge in [-0.1, -0.05) is 0 Å². The van der Waals surface area contributed by atoms with E-state index < -0.39 is 30.6 Å². The second-order valence-electron chi connectivity index (χ2n) is 3.40. The third-order valence-corrected chi connectivity index (χ3v) is 2.43. The maximum absolute atomic E-state index is 11.9. The molecular formula is C9H13FN2O4. The van der Waals surface area contributed by atoms with Crippen molar-refractivity contribution in [1.29, 1.82) is 0 Å². The number of carbonyl (C=O) groups is 3. The maximum Gasteiger partial charge on any atom is 0.397 e. The Morgan fingerprint density at radius 1 is 1.50 bits per heavy atom. The summed E-state index contributed by atoms with van der Waals surface area (Å²) in [6.45, 7) is -0.0242. The molecule has 0 saturated carbocycles. The topological polar surface area (TPSA) is 75.7 Å². The van der Waals surface area contributed by atoms with Crippen LogP contribution >= 0.6 is 0 Å². The van der Waals surface area contributed by atoms with Gasteiger partial charge in [0.2, 0.25) is 5.91 Å². The van der Waals surface area contributed by atoms with Gasteiger partial charge < -0.3 is 15.0 Å². The molecule has 1 N–H and O–H groups in total. The SMILES string of the molecule is COC(=O)[C@@H]1CCCN1C(=O)CNC(=O)F. The van der Waals surface area contributed by atoms with Crippen LogP contribution in [0.4, 0.5) is 9.18 Å². The number of methoxy groups -OCH3 is 1. The fourth-order valence-corrected chi connectivity index (χ4v) is 1.69. The van der Waals surface area contributed by atoms with E-state index >= 15 is 0 Å². The van der Waals surface area contributed by atoms with Crippen LogP contribution in [0.3, 0.4) is 0 Å². The zero-order valence-corrected chi connectivity index (χ0v) is 8.86. The molecule has 0 radical (unpaired) electrons. The number of hydrogen-bond donors (Lipinski definition) is 1. The lowest BCUT2D eigenvalue weighted by Gasteiger charge is -2.22. The van der Waals surface area contributed by atoms with E-state index in [9.17, 15) is 18.8 Å². The van der Waals surface area contributed by atoms with Gasteiger partial charge in [0.1, 0.15) is 6.04 Å². The van der Waals surface area contributed by atoms with Crippen LogP contribution in [0.1, 0.15) is 12.8 Å². The van der Waals surface area contributed by atoms with Gasteiger partial charge in [-0.2, -0.15) is 0 Å². The predicted molar refractivity (Wildman–Crippen MR) is 51.3 cm³/mol. The number of likely N-dealkylation sites (tertiary alicyclic amines) is 1. The van der Waals surface area contributed by atoms with Crippen LogP contribution in [0.2, 0.25) is 0 Å². The first-order valence-electron chi connectivity index (χ1n) is 4.87. The molecule has 1 saturated heterocycles. The van der Waals surface area contributed by atoms with E-state index in [4.69, 9.17) is 0 Å². The molecule has 0 aliphatic carbocycles. The first-order valence-corrected chi connectivity index (χ1v) is 4.87. The summed E-state index contributed by atoms with van der Waals surface area (Å²) in [5, 5.41) is 1.75. The summed E-state index contributed by atoms with van der Waals surface area (Å²) in [4.78, 5) is 34.1. The highest BCUT2D eigenvalue weighted by atomic mass is 19.1. The molecule has 1 rings (SSSR count). The molecule has 1 heterocycles. The van der Waals surface area contributed by atoms with Gasteiger partial charge >= 0.3 is 12.1 Å². The molecule has 1 atom stereocenters. The Hall–Kier alpha value is -1.66. The number of nitrogens with one attached hydrogen (secondary N) is 1. The molecule has 0 bridgehead atoms. The second kappa shape index (κ2) is 5.43. The van der Waals surface area contributed by atoms with Gasteiger partial charge in [-0.15, -0.1) is 4.39 Å². The number of hydrogen-bond acceptors (Lipinski definition) is 4. The highest BCUT2D eigenvalue weighted by Crippen LogP contribution is 2.18. The Labute approximate surface area is 91.7 Å². The first-order chi connectivity index (χ1) is 7.56. The van der Waals surface area contributed by atoms with Gasteiger partial charge in [0.15, 0.2) is 0 Å². The van der Waals surface area contributed by atoms with Crippen LogP contribution in [0.25, 0.3) is 0 Å². The van der Waals surface area contributed by atoms with Crippen LogP contribution < -0.4 is 5.32 Å². The van der Waals surface area contributed by atoms with Gasteiger partial charge in [-0.3, -0.25) is 4.79 Å². The monoisotopic (exact) mass is 232 g/mol. The van der Waals surface area contributed by atoms with Crippen molar-refractivity contribution in [3.05, 3.63) is 0 Å². The Kier molecular flexibility index (Phi) is 4.21. The van der Waals surface area contributed by atoms with Crippen molar-refractivity contribution in [2.75, 3.05) is 20.2 Å². The van der Waals surface area contributed by atoms with E-state index in [1.165, 1.54) is 12.0 Å². The lowest BCUT2D eigenvalue weighted by atomic mass is 10.2. The minimum atomic E-state index is -1.76. The van der Waals surface area contributed by atoms with Gasteiger partial charge in [-0.25, -0.2) is 9.59 Å². The predicted octanol–water partition coefficient (Wildman–Crippen LogP) is -0.171. The molecule has 7 heteroatoms. The fraction of sp³-hybridized carbons (Fsp3) is 0.667. The zero-order chi connectivity index (χ0) is 12.1. The summed E-state index contributed by atoms with van der Waals surface area (Å²) in [5.41, 5.74) is 0. The Bertz CT molecular complexity index is 308. The van der Waals surface area contributed by atoms with Crippen molar-refractivity contribution in [3.63, 3.8) is 0 Å². The van der Waals surface area contributed by atoms with E-state index in [2.05, 4.69) is 4.74 Å². The van der Waals surface area contributed by atoms with Crippen molar-refractivity contribution in [2.45, 2.75) is 18.9 Å². The van der Waals surface area contributed by atoms with Gasteiger partial charge in [-0.05, 0) is 12.8 Å². The third-order valence-electron chi connectivity index (χ3n) is 2.43. The molecule has 0 spiro atoms. The normalized spacial score (nSPS) is 19.4. The molecule has 1 fully saturated rings.